The lowest BCUT2D eigenvalue weighted by Gasteiger charge is -2.48. The van der Waals surface area contributed by atoms with E-state index in [4.69, 9.17) is 4.74 Å². The van der Waals surface area contributed by atoms with Crippen molar-refractivity contribution < 1.29 is 19.4 Å². The SMILES string of the molecule is CC(C)(C)OC(=O)N[C@@H](Cc1ccccc1)[C@@H]1[C@H](O)C(=O)N1Cc1ccccc1. The van der Waals surface area contributed by atoms with E-state index in [0.717, 1.165) is 11.1 Å². The second-order valence-electron chi connectivity index (χ2n) is 8.33. The molecule has 1 fully saturated rings. The third-order valence-electron chi connectivity index (χ3n) is 4.83. The highest BCUT2D eigenvalue weighted by Gasteiger charge is 2.50. The molecule has 0 aliphatic carbocycles. The van der Waals surface area contributed by atoms with E-state index >= 15 is 0 Å². The molecule has 2 aromatic rings. The fourth-order valence-electron chi connectivity index (χ4n) is 3.54. The summed E-state index contributed by atoms with van der Waals surface area (Å²) in [7, 11) is 0. The molecule has 6 heteroatoms. The second kappa shape index (κ2) is 8.66. The van der Waals surface area contributed by atoms with Crippen molar-refractivity contribution in [3.63, 3.8) is 0 Å². The summed E-state index contributed by atoms with van der Waals surface area (Å²) in [5.74, 6) is -0.331. The molecule has 0 aromatic heterocycles. The number of nitrogens with one attached hydrogen (secondary N) is 1. The summed E-state index contributed by atoms with van der Waals surface area (Å²) in [5.41, 5.74) is 1.33. The van der Waals surface area contributed by atoms with Gasteiger partial charge in [-0.3, -0.25) is 4.79 Å². The predicted octanol–water partition coefficient (Wildman–Crippen LogP) is 2.89. The average molecular weight is 396 g/mol. The van der Waals surface area contributed by atoms with Gasteiger partial charge in [-0.2, -0.15) is 0 Å². The Morgan fingerprint density at radius 2 is 1.62 bits per heavy atom. The van der Waals surface area contributed by atoms with Crippen molar-refractivity contribution in [3.05, 3.63) is 71.8 Å². The molecular formula is C23H28N2O4. The van der Waals surface area contributed by atoms with Crippen LogP contribution in [0.3, 0.4) is 0 Å². The number of rotatable bonds is 6. The Hall–Kier alpha value is -2.86. The summed E-state index contributed by atoms with van der Waals surface area (Å²) in [6.45, 7) is 5.76. The molecular weight excluding hydrogens is 368 g/mol. The molecule has 0 spiro atoms. The third-order valence-corrected chi connectivity index (χ3v) is 4.83. The lowest BCUT2D eigenvalue weighted by atomic mass is 9.86. The number of ether oxygens (including phenoxy) is 1. The molecule has 2 N–H and O–H groups in total. The first-order chi connectivity index (χ1) is 13.7. The molecule has 1 aliphatic heterocycles. The minimum Gasteiger partial charge on any atom is -0.444 e. The molecule has 1 heterocycles. The van der Waals surface area contributed by atoms with Crippen LogP contribution in [0.4, 0.5) is 4.79 Å². The monoisotopic (exact) mass is 396 g/mol. The maximum atomic E-state index is 12.4. The zero-order valence-corrected chi connectivity index (χ0v) is 17.0. The second-order valence-corrected chi connectivity index (χ2v) is 8.33. The van der Waals surface area contributed by atoms with Crippen LogP contribution in [-0.2, 0) is 22.5 Å². The number of hydrogen-bond donors (Lipinski definition) is 2. The minimum absolute atomic E-state index is 0.331. The third kappa shape index (κ3) is 5.35. The van der Waals surface area contributed by atoms with Gasteiger partial charge in [-0.15, -0.1) is 0 Å². The summed E-state index contributed by atoms with van der Waals surface area (Å²) >= 11 is 0. The van der Waals surface area contributed by atoms with Gasteiger partial charge < -0.3 is 20.1 Å². The highest BCUT2D eigenvalue weighted by Crippen LogP contribution is 2.27. The highest BCUT2D eigenvalue weighted by atomic mass is 16.6. The molecule has 3 rings (SSSR count). The number of aliphatic hydroxyl groups is 1. The number of aliphatic hydroxyl groups excluding tert-OH is 1. The van der Waals surface area contributed by atoms with E-state index in [2.05, 4.69) is 5.32 Å². The van der Waals surface area contributed by atoms with Crippen LogP contribution in [0.25, 0.3) is 0 Å². The van der Waals surface area contributed by atoms with Crippen LogP contribution in [0.1, 0.15) is 31.9 Å². The first-order valence-corrected chi connectivity index (χ1v) is 9.80. The Balaban J connectivity index is 1.80. The Morgan fingerprint density at radius 1 is 1.07 bits per heavy atom. The predicted molar refractivity (Wildman–Crippen MR) is 110 cm³/mol. The fraction of sp³-hybridized carbons (Fsp3) is 0.391. The number of amides is 2. The van der Waals surface area contributed by atoms with E-state index in [1.54, 1.807) is 25.7 Å². The van der Waals surface area contributed by atoms with Crippen molar-refractivity contribution in [2.24, 2.45) is 0 Å². The smallest absolute Gasteiger partial charge is 0.407 e. The molecule has 29 heavy (non-hydrogen) atoms. The van der Waals surface area contributed by atoms with E-state index < -0.39 is 29.9 Å². The van der Waals surface area contributed by atoms with Crippen LogP contribution in [-0.4, -0.2) is 45.8 Å². The lowest BCUT2D eigenvalue weighted by Crippen LogP contribution is -2.71. The van der Waals surface area contributed by atoms with Crippen molar-refractivity contribution in [1.82, 2.24) is 10.2 Å². The van der Waals surface area contributed by atoms with Crippen molar-refractivity contribution in [3.8, 4) is 0 Å². The summed E-state index contributed by atoms with van der Waals surface area (Å²) in [4.78, 5) is 26.4. The normalized spacial score (nSPS) is 20.0. The van der Waals surface area contributed by atoms with Gasteiger partial charge >= 0.3 is 6.09 Å². The number of carbonyl (C=O) groups excluding carboxylic acids is 2. The Labute approximate surface area is 171 Å². The Bertz CT molecular complexity index is 833. The van der Waals surface area contributed by atoms with Crippen LogP contribution in [0.5, 0.6) is 0 Å². The first kappa shape index (κ1) is 20.9. The van der Waals surface area contributed by atoms with Gasteiger partial charge in [0, 0.05) is 6.54 Å². The zero-order chi connectivity index (χ0) is 21.0. The van der Waals surface area contributed by atoms with Crippen LogP contribution < -0.4 is 5.32 Å². The number of nitrogens with zero attached hydrogens (tertiary/aromatic N) is 1. The standard InChI is InChI=1S/C23H28N2O4/c1-23(2,3)29-22(28)24-18(14-16-10-6-4-7-11-16)19-20(26)21(27)25(19)15-17-12-8-5-9-13-17/h4-13,18-20,26H,14-15H2,1-3H3,(H,24,28)/t18-,19+,20-/m0/s1. The quantitative estimate of drug-likeness (QED) is 0.736. The van der Waals surface area contributed by atoms with Gasteiger partial charge in [0.15, 0.2) is 6.10 Å². The molecule has 3 atom stereocenters. The van der Waals surface area contributed by atoms with Gasteiger partial charge in [0.2, 0.25) is 0 Å². The summed E-state index contributed by atoms with van der Waals surface area (Å²) in [6, 6.07) is 18.3. The van der Waals surface area contributed by atoms with Gasteiger partial charge in [-0.25, -0.2) is 4.79 Å². The number of carbonyl (C=O) groups is 2. The molecule has 0 bridgehead atoms. The lowest BCUT2D eigenvalue weighted by molar-refractivity contribution is -0.170. The van der Waals surface area contributed by atoms with E-state index in [0.29, 0.717) is 13.0 Å². The topological polar surface area (TPSA) is 78.9 Å². The minimum atomic E-state index is -1.15. The summed E-state index contributed by atoms with van der Waals surface area (Å²) in [6.07, 6.45) is -1.24. The molecule has 0 saturated carbocycles. The maximum absolute atomic E-state index is 12.4. The highest BCUT2D eigenvalue weighted by molar-refractivity contribution is 5.88. The number of alkyl carbamates (subject to hydrolysis) is 1. The van der Waals surface area contributed by atoms with Crippen LogP contribution >= 0.6 is 0 Å². The zero-order valence-electron chi connectivity index (χ0n) is 17.0. The molecule has 1 saturated heterocycles. The average Bonchev–Trinajstić information content (AvgIpc) is 2.67. The van der Waals surface area contributed by atoms with Gasteiger partial charge in [-0.05, 0) is 38.3 Å². The summed E-state index contributed by atoms with van der Waals surface area (Å²) < 4.78 is 5.41. The van der Waals surface area contributed by atoms with Gasteiger partial charge in [0.05, 0.1) is 12.1 Å². The fourth-order valence-corrected chi connectivity index (χ4v) is 3.54. The summed E-state index contributed by atoms with van der Waals surface area (Å²) in [5, 5.41) is 13.3. The molecule has 2 amide bonds. The Morgan fingerprint density at radius 3 is 2.17 bits per heavy atom. The molecule has 6 nitrogen and oxygen atoms in total. The van der Waals surface area contributed by atoms with E-state index in [1.807, 2.05) is 60.7 Å². The van der Waals surface area contributed by atoms with Crippen molar-refractivity contribution in [1.29, 1.82) is 0 Å². The van der Waals surface area contributed by atoms with Crippen molar-refractivity contribution in [2.45, 2.75) is 57.5 Å². The van der Waals surface area contributed by atoms with Gasteiger partial charge in [0.1, 0.15) is 5.60 Å². The number of benzene rings is 2. The van der Waals surface area contributed by atoms with Gasteiger partial charge in [-0.1, -0.05) is 60.7 Å². The van der Waals surface area contributed by atoms with Crippen molar-refractivity contribution in [2.75, 3.05) is 0 Å². The number of hydrogen-bond acceptors (Lipinski definition) is 4. The number of β-lactam (4-membered cyclic amide) rings is 1. The van der Waals surface area contributed by atoms with E-state index in [9.17, 15) is 14.7 Å². The molecule has 1 aliphatic rings. The van der Waals surface area contributed by atoms with E-state index in [1.165, 1.54) is 0 Å². The van der Waals surface area contributed by atoms with Gasteiger partial charge in [0.25, 0.3) is 5.91 Å². The van der Waals surface area contributed by atoms with Crippen LogP contribution in [0, 0.1) is 0 Å². The largest absolute Gasteiger partial charge is 0.444 e. The maximum Gasteiger partial charge on any atom is 0.407 e. The molecule has 0 unspecified atom stereocenters. The van der Waals surface area contributed by atoms with Crippen molar-refractivity contribution >= 4 is 12.0 Å². The Kier molecular flexibility index (Phi) is 6.23. The van der Waals surface area contributed by atoms with Crippen LogP contribution in [0.15, 0.2) is 60.7 Å². The number of likely N-dealkylation sites (tertiary alicyclic amines) is 1. The first-order valence-electron chi connectivity index (χ1n) is 9.80. The molecule has 2 aromatic carbocycles. The van der Waals surface area contributed by atoms with E-state index in [-0.39, 0.29) is 5.91 Å². The molecule has 154 valence electrons. The van der Waals surface area contributed by atoms with Crippen LogP contribution in [0.2, 0.25) is 0 Å². The molecule has 0 radical (unpaired) electrons.